The van der Waals surface area contributed by atoms with Crippen LogP contribution in [0.2, 0.25) is 0 Å². The first-order chi connectivity index (χ1) is 6.49. The molecule has 1 atom stereocenters. The van der Waals surface area contributed by atoms with Crippen molar-refractivity contribution in [3.05, 3.63) is 35.4 Å². The summed E-state index contributed by atoms with van der Waals surface area (Å²) in [5.74, 6) is -1.54. The molecule has 1 unspecified atom stereocenters. The molecule has 0 aliphatic rings. The molecule has 4 heteroatoms. The summed E-state index contributed by atoms with van der Waals surface area (Å²) in [7, 11) is 1.35. The van der Waals surface area contributed by atoms with Crippen LogP contribution >= 0.6 is 0 Å². The highest BCUT2D eigenvalue weighted by Crippen LogP contribution is 2.26. The maximum Gasteiger partial charge on any atom is 0.132 e. The summed E-state index contributed by atoms with van der Waals surface area (Å²) < 4.78 is 31.1. The minimum absolute atomic E-state index is 0.162. The third-order valence-electron chi connectivity index (χ3n) is 1.93. The summed E-state index contributed by atoms with van der Waals surface area (Å²) in [6.45, 7) is 1.14. The zero-order valence-electron chi connectivity index (χ0n) is 8.05. The average molecular weight is 202 g/mol. The fourth-order valence-electron chi connectivity index (χ4n) is 1.37. The van der Waals surface area contributed by atoms with Gasteiger partial charge in [-0.15, -0.1) is 0 Å². The quantitative estimate of drug-likeness (QED) is 0.810. The zero-order valence-corrected chi connectivity index (χ0v) is 8.05. The summed E-state index contributed by atoms with van der Waals surface area (Å²) in [6.07, 6.45) is 0. The molecule has 2 nitrogen and oxygen atoms in total. The molecule has 1 aromatic carbocycles. The van der Waals surface area contributed by atoms with Crippen molar-refractivity contribution in [3.8, 4) is 0 Å². The molecular weight excluding hydrogens is 190 g/mol. The fraction of sp³-hybridized carbons (Fsp3) is 0.400. The standard InChI is InChI=1S/C10H12F2O2/c1-10(13,6-14-2)9-7(11)4-3-5-8(9)12/h3-5,13H,6H2,1-2H3. The molecule has 0 saturated carbocycles. The van der Waals surface area contributed by atoms with Crippen LogP contribution in [0.3, 0.4) is 0 Å². The average Bonchev–Trinajstić information content (AvgIpc) is 2.02. The summed E-state index contributed by atoms with van der Waals surface area (Å²) in [5, 5.41) is 9.74. The van der Waals surface area contributed by atoms with Gasteiger partial charge >= 0.3 is 0 Å². The molecule has 0 bridgehead atoms. The number of hydrogen-bond donors (Lipinski definition) is 1. The SMILES string of the molecule is COCC(C)(O)c1c(F)cccc1F. The smallest absolute Gasteiger partial charge is 0.132 e. The van der Waals surface area contributed by atoms with Crippen molar-refractivity contribution in [3.63, 3.8) is 0 Å². The highest BCUT2D eigenvalue weighted by Gasteiger charge is 2.29. The van der Waals surface area contributed by atoms with Gasteiger partial charge in [-0.1, -0.05) is 6.07 Å². The first kappa shape index (κ1) is 11.1. The second-order valence-electron chi connectivity index (χ2n) is 3.30. The highest BCUT2D eigenvalue weighted by atomic mass is 19.1. The lowest BCUT2D eigenvalue weighted by molar-refractivity contribution is -0.0257. The normalized spacial score (nSPS) is 15.2. The highest BCUT2D eigenvalue weighted by molar-refractivity contribution is 5.25. The van der Waals surface area contributed by atoms with E-state index < -0.39 is 17.2 Å². The Hall–Kier alpha value is -1.00. The summed E-state index contributed by atoms with van der Waals surface area (Å²) >= 11 is 0. The summed E-state index contributed by atoms with van der Waals surface area (Å²) in [5.41, 5.74) is -2.01. The van der Waals surface area contributed by atoms with E-state index in [-0.39, 0.29) is 12.2 Å². The van der Waals surface area contributed by atoms with Crippen LogP contribution in [-0.4, -0.2) is 18.8 Å². The van der Waals surface area contributed by atoms with E-state index in [1.165, 1.54) is 20.1 Å². The molecule has 0 aliphatic heterocycles. The number of rotatable bonds is 3. The molecule has 0 aliphatic carbocycles. The van der Waals surface area contributed by atoms with Crippen molar-refractivity contribution in [2.75, 3.05) is 13.7 Å². The minimum atomic E-state index is -1.65. The number of ether oxygens (including phenoxy) is 1. The molecule has 0 saturated heterocycles. The monoisotopic (exact) mass is 202 g/mol. The Labute approximate surface area is 81.1 Å². The van der Waals surface area contributed by atoms with E-state index in [2.05, 4.69) is 4.74 Å². The van der Waals surface area contributed by atoms with Crippen molar-refractivity contribution >= 4 is 0 Å². The molecule has 0 spiro atoms. The minimum Gasteiger partial charge on any atom is -0.383 e. The lowest BCUT2D eigenvalue weighted by atomic mass is 9.96. The fourth-order valence-corrected chi connectivity index (χ4v) is 1.37. The summed E-state index contributed by atoms with van der Waals surface area (Å²) in [6, 6.07) is 3.45. The van der Waals surface area contributed by atoms with E-state index in [4.69, 9.17) is 0 Å². The first-order valence-electron chi connectivity index (χ1n) is 4.15. The molecule has 1 N–H and O–H groups in total. The second kappa shape index (κ2) is 4.02. The van der Waals surface area contributed by atoms with Crippen LogP contribution in [-0.2, 0) is 10.3 Å². The van der Waals surface area contributed by atoms with Gasteiger partial charge in [-0.25, -0.2) is 8.78 Å². The van der Waals surface area contributed by atoms with Crippen LogP contribution in [0.5, 0.6) is 0 Å². The summed E-state index contributed by atoms with van der Waals surface area (Å²) in [4.78, 5) is 0. The Morgan fingerprint density at radius 3 is 2.29 bits per heavy atom. The van der Waals surface area contributed by atoms with Gasteiger partial charge < -0.3 is 9.84 Å². The third kappa shape index (κ3) is 2.08. The zero-order chi connectivity index (χ0) is 10.8. The molecule has 0 aromatic heterocycles. The van der Waals surface area contributed by atoms with Crippen LogP contribution in [0, 0.1) is 11.6 Å². The van der Waals surface area contributed by atoms with Crippen LogP contribution in [0.25, 0.3) is 0 Å². The van der Waals surface area contributed by atoms with Gasteiger partial charge in [0.1, 0.15) is 17.2 Å². The van der Waals surface area contributed by atoms with Crippen molar-refractivity contribution in [2.24, 2.45) is 0 Å². The number of methoxy groups -OCH3 is 1. The Kier molecular flexibility index (Phi) is 3.18. The van der Waals surface area contributed by atoms with Gasteiger partial charge in [-0.05, 0) is 19.1 Å². The largest absolute Gasteiger partial charge is 0.383 e. The predicted molar refractivity (Wildman–Crippen MR) is 47.8 cm³/mol. The third-order valence-corrected chi connectivity index (χ3v) is 1.93. The van der Waals surface area contributed by atoms with E-state index in [0.717, 1.165) is 12.1 Å². The van der Waals surface area contributed by atoms with Gasteiger partial charge in [-0.2, -0.15) is 0 Å². The number of aliphatic hydroxyl groups is 1. The topological polar surface area (TPSA) is 29.5 Å². The van der Waals surface area contributed by atoms with Crippen molar-refractivity contribution < 1.29 is 18.6 Å². The second-order valence-corrected chi connectivity index (χ2v) is 3.30. The first-order valence-corrected chi connectivity index (χ1v) is 4.15. The number of hydrogen-bond acceptors (Lipinski definition) is 2. The molecule has 0 amide bonds. The molecule has 0 fully saturated rings. The van der Waals surface area contributed by atoms with Crippen LogP contribution in [0.4, 0.5) is 8.78 Å². The van der Waals surface area contributed by atoms with E-state index in [1.807, 2.05) is 0 Å². The molecule has 1 rings (SSSR count). The van der Waals surface area contributed by atoms with Crippen LogP contribution < -0.4 is 0 Å². The molecule has 0 heterocycles. The lowest BCUT2D eigenvalue weighted by Crippen LogP contribution is -2.29. The molecular formula is C10H12F2O2. The van der Waals surface area contributed by atoms with Crippen molar-refractivity contribution in [1.29, 1.82) is 0 Å². The van der Waals surface area contributed by atoms with E-state index in [1.54, 1.807) is 0 Å². The Morgan fingerprint density at radius 1 is 1.36 bits per heavy atom. The maximum atomic E-state index is 13.2. The van der Waals surface area contributed by atoms with Crippen molar-refractivity contribution in [2.45, 2.75) is 12.5 Å². The maximum absolute atomic E-state index is 13.2. The van der Waals surface area contributed by atoms with E-state index in [0.29, 0.717) is 0 Å². The van der Waals surface area contributed by atoms with Gasteiger partial charge in [0.25, 0.3) is 0 Å². The van der Waals surface area contributed by atoms with Gasteiger partial charge in [-0.3, -0.25) is 0 Å². The van der Waals surface area contributed by atoms with Gasteiger partial charge in [0.2, 0.25) is 0 Å². The lowest BCUT2D eigenvalue weighted by Gasteiger charge is -2.23. The van der Waals surface area contributed by atoms with Gasteiger partial charge in [0.15, 0.2) is 0 Å². The Morgan fingerprint density at radius 2 is 1.86 bits per heavy atom. The van der Waals surface area contributed by atoms with E-state index >= 15 is 0 Å². The predicted octanol–water partition coefficient (Wildman–Crippen LogP) is 1.82. The van der Waals surface area contributed by atoms with Crippen LogP contribution in [0.15, 0.2) is 18.2 Å². The Bertz CT molecular complexity index is 304. The van der Waals surface area contributed by atoms with E-state index in [9.17, 15) is 13.9 Å². The molecule has 14 heavy (non-hydrogen) atoms. The molecule has 78 valence electrons. The number of benzene rings is 1. The molecule has 0 radical (unpaired) electrons. The van der Waals surface area contributed by atoms with Gasteiger partial charge in [0.05, 0.1) is 12.2 Å². The van der Waals surface area contributed by atoms with Crippen molar-refractivity contribution in [1.82, 2.24) is 0 Å². The van der Waals surface area contributed by atoms with Crippen LogP contribution in [0.1, 0.15) is 12.5 Å². The molecule has 1 aromatic rings. The Balaban J connectivity index is 3.17. The van der Waals surface area contributed by atoms with Gasteiger partial charge in [0, 0.05) is 7.11 Å². The number of halogens is 2.